The average molecular weight is 259 g/mol. The van der Waals surface area contributed by atoms with Crippen molar-refractivity contribution in [1.82, 2.24) is 0 Å². The lowest BCUT2D eigenvalue weighted by molar-refractivity contribution is 0.321. The van der Waals surface area contributed by atoms with Crippen LogP contribution in [0.2, 0.25) is 0 Å². The number of benzene rings is 2. The Morgan fingerprint density at radius 1 is 1.05 bits per heavy atom. The van der Waals surface area contributed by atoms with E-state index in [9.17, 15) is 4.39 Å². The lowest BCUT2D eigenvalue weighted by Crippen LogP contribution is -1.98. The van der Waals surface area contributed by atoms with Gasteiger partial charge in [-0.1, -0.05) is 30.3 Å². The van der Waals surface area contributed by atoms with Gasteiger partial charge in [-0.05, 0) is 42.2 Å². The summed E-state index contributed by atoms with van der Waals surface area (Å²) >= 11 is 0. The molecule has 2 aromatic carbocycles. The Morgan fingerprint density at radius 2 is 1.79 bits per heavy atom. The third-order valence-electron chi connectivity index (χ3n) is 2.93. The fourth-order valence-corrected chi connectivity index (χ4v) is 2.03. The summed E-state index contributed by atoms with van der Waals surface area (Å²) in [7, 11) is 0. The molecule has 0 aliphatic heterocycles. The summed E-state index contributed by atoms with van der Waals surface area (Å²) in [5.41, 5.74) is 8.76. The van der Waals surface area contributed by atoms with Crippen molar-refractivity contribution >= 4 is 0 Å². The van der Waals surface area contributed by atoms with Gasteiger partial charge in [0.2, 0.25) is 0 Å². The minimum Gasteiger partial charge on any atom is -0.491 e. The second kappa shape index (κ2) is 6.34. The fraction of sp³-hybridized carbons (Fsp3) is 0.250. The molecule has 3 heteroatoms. The molecule has 19 heavy (non-hydrogen) atoms. The van der Waals surface area contributed by atoms with Crippen LogP contribution in [0.25, 0.3) is 0 Å². The van der Waals surface area contributed by atoms with E-state index in [2.05, 4.69) is 0 Å². The van der Waals surface area contributed by atoms with Gasteiger partial charge in [0.25, 0.3) is 0 Å². The van der Waals surface area contributed by atoms with E-state index in [0.29, 0.717) is 25.3 Å². The molecule has 0 radical (unpaired) electrons. The van der Waals surface area contributed by atoms with Crippen LogP contribution in [0.4, 0.5) is 4.39 Å². The van der Waals surface area contributed by atoms with Crippen molar-refractivity contribution in [3.8, 4) is 5.75 Å². The molecule has 0 amide bonds. The molecule has 100 valence electrons. The molecule has 2 aromatic rings. The zero-order chi connectivity index (χ0) is 13.7. The predicted molar refractivity (Wildman–Crippen MR) is 74.7 cm³/mol. The van der Waals surface area contributed by atoms with Gasteiger partial charge in [-0.2, -0.15) is 0 Å². The Balaban J connectivity index is 2.16. The smallest absolute Gasteiger partial charge is 0.165 e. The lowest BCUT2D eigenvalue weighted by atomic mass is 10.0. The molecule has 0 saturated heterocycles. The van der Waals surface area contributed by atoms with Gasteiger partial charge in [0.1, 0.15) is 0 Å². The zero-order valence-electron chi connectivity index (χ0n) is 11.0. The van der Waals surface area contributed by atoms with Crippen LogP contribution in [0.15, 0.2) is 42.5 Å². The van der Waals surface area contributed by atoms with Gasteiger partial charge in [-0.25, -0.2) is 4.39 Å². The van der Waals surface area contributed by atoms with Crippen molar-refractivity contribution in [2.45, 2.75) is 19.9 Å². The van der Waals surface area contributed by atoms with Crippen LogP contribution < -0.4 is 10.5 Å². The Morgan fingerprint density at radius 3 is 2.47 bits per heavy atom. The second-order valence-corrected chi connectivity index (χ2v) is 4.40. The van der Waals surface area contributed by atoms with E-state index in [1.165, 1.54) is 6.07 Å². The number of nitrogens with two attached hydrogens (primary N) is 1. The maximum Gasteiger partial charge on any atom is 0.165 e. The van der Waals surface area contributed by atoms with E-state index in [4.69, 9.17) is 10.5 Å². The van der Waals surface area contributed by atoms with E-state index in [-0.39, 0.29) is 5.82 Å². The van der Waals surface area contributed by atoms with Crippen molar-refractivity contribution < 1.29 is 9.13 Å². The van der Waals surface area contributed by atoms with Crippen LogP contribution >= 0.6 is 0 Å². The molecular formula is C16H18FNO. The summed E-state index contributed by atoms with van der Waals surface area (Å²) in [5, 5.41) is 0. The first kappa shape index (κ1) is 13.6. The van der Waals surface area contributed by atoms with Crippen LogP contribution in [0.1, 0.15) is 23.6 Å². The van der Waals surface area contributed by atoms with Crippen LogP contribution in [-0.4, -0.2) is 6.61 Å². The molecule has 0 atom stereocenters. The fourth-order valence-electron chi connectivity index (χ4n) is 2.03. The summed E-state index contributed by atoms with van der Waals surface area (Å²) in [6.07, 6.45) is 0.692. The van der Waals surface area contributed by atoms with Crippen LogP contribution in [0.3, 0.4) is 0 Å². The number of hydrogen-bond donors (Lipinski definition) is 1. The third kappa shape index (κ3) is 3.55. The summed E-state index contributed by atoms with van der Waals surface area (Å²) in [5.74, 6) is -0.00344. The highest BCUT2D eigenvalue weighted by Gasteiger charge is 2.05. The highest BCUT2D eigenvalue weighted by atomic mass is 19.1. The molecular weight excluding hydrogens is 241 g/mol. The first-order chi connectivity index (χ1) is 9.22. The highest BCUT2D eigenvalue weighted by molar-refractivity contribution is 5.34. The number of hydrogen-bond acceptors (Lipinski definition) is 2. The molecule has 0 aliphatic rings. The summed E-state index contributed by atoms with van der Waals surface area (Å²) < 4.78 is 18.9. The number of halogens is 1. The van der Waals surface area contributed by atoms with Crippen molar-refractivity contribution in [2.75, 3.05) is 6.61 Å². The number of ether oxygens (including phenoxy) is 1. The van der Waals surface area contributed by atoms with Gasteiger partial charge in [0.05, 0.1) is 6.61 Å². The Bertz CT molecular complexity index is 554. The molecule has 0 bridgehead atoms. The van der Waals surface area contributed by atoms with E-state index >= 15 is 0 Å². The van der Waals surface area contributed by atoms with Gasteiger partial charge < -0.3 is 10.5 Å². The van der Waals surface area contributed by atoms with Crippen molar-refractivity contribution in [2.24, 2.45) is 5.73 Å². The molecule has 0 unspecified atom stereocenters. The lowest BCUT2D eigenvalue weighted by Gasteiger charge is -2.08. The van der Waals surface area contributed by atoms with Gasteiger partial charge in [-0.3, -0.25) is 0 Å². The van der Waals surface area contributed by atoms with Crippen molar-refractivity contribution in [3.05, 3.63) is 65.0 Å². The van der Waals surface area contributed by atoms with Gasteiger partial charge in [0.15, 0.2) is 11.6 Å². The Kier molecular flexibility index (Phi) is 4.53. The number of rotatable bonds is 5. The SMILES string of the molecule is CCOc1ccc(Cc2cccc(CN)c2)cc1F. The van der Waals surface area contributed by atoms with E-state index < -0.39 is 0 Å². The monoisotopic (exact) mass is 259 g/mol. The predicted octanol–water partition coefficient (Wildman–Crippen LogP) is 3.27. The normalized spacial score (nSPS) is 10.5. The van der Waals surface area contributed by atoms with E-state index in [1.54, 1.807) is 6.07 Å². The maximum atomic E-state index is 13.7. The molecule has 2 rings (SSSR count). The van der Waals surface area contributed by atoms with Gasteiger partial charge in [0, 0.05) is 6.54 Å². The molecule has 2 N–H and O–H groups in total. The van der Waals surface area contributed by atoms with E-state index in [0.717, 1.165) is 16.7 Å². The minimum absolute atomic E-state index is 0.307. The summed E-state index contributed by atoms with van der Waals surface area (Å²) in [6, 6.07) is 13.1. The highest BCUT2D eigenvalue weighted by Crippen LogP contribution is 2.20. The summed E-state index contributed by atoms with van der Waals surface area (Å²) in [6.45, 7) is 2.83. The minimum atomic E-state index is -0.311. The third-order valence-corrected chi connectivity index (χ3v) is 2.93. The Labute approximate surface area is 113 Å². The first-order valence-electron chi connectivity index (χ1n) is 6.42. The molecule has 0 saturated carbocycles. The Hall–Kier alpha value is -1.87. The molecule has 0 heterocycles. The van der Waals surface area contributed by atoms with Gasteiger partial charge in [-0.15, -0.1) is 0 Å². The molecule has 0 spiro atoms. The van der Waals surface area contributed by atoms with Crippen LogP contribution in [-0.2, 0) is 13.0 Å². The van der Waals surface area contributed by atoms with E-state index in [1.807, 2.05) is 37.3 Å². The average Bonchev–Trinajstić information content (AvgIpc) is 2.42. The zero-order valence-corrected chi connectivity index (χ0v) is 11.0. The topological polar surface area (TPSA) is 35.2 Å². The van der Waals surface area contributed by atoms with Crippen LogP contribution in [0, 0.1) is 5.82 Å². The molecule has 0 aromatic heterocycles. The quantitative estimate of drug-likeness (QED) is 0.894. The van der Waals surface area contributed by atoms with Crippen LogP contribution in [0.5, 0.6) is 5.75 Å². The molecule has 0 aliphatic carbocycles. The maximum absolute atomic E-state index is 13.7. The van der Waals surface area contributed by atoms with Crippen molar-refractivity contribution in [1.29, 1.82) is 0 Å². The summed E-state index contributed by atoms with van der Waals surface area (Å²) in [4.78, 5) is 0. The largest absolute Gasteiger partial charge is 0.491 e. The van der Waals surface area contributed by atoms with Crippen molar-refractivity contribution in [3.63, 3.8) is 0 Å². The standard InChI is InChI=1S/C16H18FNO/c1-2-19-16-7-6-13(10-15(16)17)8-12-4-3-5-14(9-12)11-18/h3-7,9-10H,2,8,11,18H2,1H3. The molecule has 0 fully saturated rings. The first-order valence-corrected chi connectivity index (χ1v) is 6.42. The second-order valence-electron chi connectivity index (χ2n) is 4.40. The molecule has 2 nitrogen and oxygen atoms in total. The van der Waals surface area contributed by atoms with Gasteiger partial charge >= 0.3 is 0 Å².